The molecule has 2 atom stereocenters. The van der Waals surface area contributed by atoms with Gasteiger partial charge in [-0.1, -0.05) is 19.1 Å². The minimum Gasteiger partial charge on any atom is -0.394 e. The van der Waals surface area contributed by atoms with Gasteiger partial charge < -0.3 is 10.0 Å². The summed E-state index contributed by atoms with van der Waals surface area (Å²) in [6.07, 6.45) is 0.955. The van der Waals surface area contributed by atoms with Crippen molar-refractivity contribution in [2.24, 2.45) is 5.92 Å². The van der Waals surface area contributed by atoms with Gasteiger partial charge in [0.2, 0.25) is 0 Å². The van der Waals surface area contributed by atoms with Crippen molar-refractivity contribution in [3.63, 3.8) is 0 Å². The Morgan fingerprint density at radius 3 is 2.67 bits per heavy atom. The van der Waals surface area contributed by atoms with Crippen molar-refractivity contribution in [3.8, 4) is 0 Å². The fraction of sp³-hybridized carbons (Fsp3) is 0.500. The van der Waals surface area contributed by atoms with E-state index in [0.717, 1.165) is 18.5 Å². The normalized spacial score (nSPS) is 23.4. The molecule has 0 aliphatic carbocycles. The lowest BCUT2D eigenvalue weighted by Gasteiger charge is -2.25. The number of benzene rings is 1. The van der Waals surface area contributed by atoms with Gasteiger partial charge in [-0.2, -0.15) is 0 Å². The topological polar surface area (TPSA) is 40.5 Å². The second kappa shape index (κ2) is 5.72. The number of aliphatic hydroxyl groups excluding tert-OH is 1. The number of carbonyl (C=O) groups excluding carboxylic acids is 1. The first kappa shape index (κ1) is 13.4. The van der Waals surface area contributed by atoms with Gasteiger partial charge >= 0.3 is 0 Å². The summed E-state index contributed by atoms with van der Waals surface area (Å²) in [5.74, 6) is 0.815. The van der Waals surface area contributed by atoms with Gasteiger partial charge in [-0.25, -0.2) is 0 Å². The molecule has 1 fully saturated rings. The smallest absolute Gasteiger partial charge is 0.254 e. The van der Waals surface area contributed by atoms with Crippen LogP contribution in [0.3, 0.4) is 0 Å². The van der Waals surface area contributed by atoms with Gasteiger partial charge in [-0.3, -0.25) is 4.79 Å². The van der Waals surface area contributed by atoms with Crippen LogP contribution in [0.15, 0.2) is 24.3 Å². The molecule has 18 heavy (non-hydrogen) atoms. The molecule has 2 rings (SSSR count). The molecule has 0 bridgehead atoms. The largest absolute Gasteiger partial charge is 0.394 e. The standard InChI is InChI=1S/C14H18ClNO2/c1-10-6-7-16(13(10)9-17)14(18)12-4-2-11(8-15)3-5-12/h2-5,10,13,17H,6-9H2,1H3. The van der Waals surface area contributed by atoms with Gasteiger partial charge in [0.25, 0.3) is 5.91 Å². The van der Waals surface area contributed by atoms with E-state index in [0.29, 0.717) is 17.4 Å². The summed E-state index contributed by atoms with van der Waals surface area (Å²) in [6, 6.07) is 7.29. The Bertz CT molecular complexity index is 418. The zero-order chi connectivity index (χ0) is 13.1. The van der Waals surface area contributed by atoms with Gasteiger partial charge in [0.15, 0.2) is 0 Å². The fourth-order valence-electron chi connectivity index (χ4n) is 2.44. The third-order valence-corrected chi connectivity index (χ3v) is 3.99. The van der Waals surface area contributed by atoms with Crippen molar-refractivity contribution in [1.82, 2.24) is 4.90 Å². The predicted molar refractivity (Wildman–Crippen MR) is 71.7 cm³/mol. The van der Waals surface area contributed by atoms with Crippen LogP contribution in [-0.4, -0.2) is 35.1 Å². The summed E-state index contributed by atoms with van der Waals surface area (Å²) in [7, 11) is 0. The summed E-state index contributed by atoms with van der Waals surface area (Å²) < 4.78 is 0. The third-order valence-electron chi connectivity index (χ3n) is 3.69. The van der Waals surface area contributed by atoms with Crippen molar-refractivity contribution in [3.05, 3.63) is 35.4 Å². The first-order valence-corrected chi connectivity index (χ1v) is 6.77. The molecule has 2 unspecified atom stereocenters. The number of likely N-dealkylation sites (tertiary alicyclic amines) is 1. The number of nitrogens with zero attached hydrogens (tertiary/aromatic N) is 1. The van der Waals surface area contributed by atoms with Crippen molar-refractivity contribution < 1.29 is 9.90 Å². The number of alkyl halides is 1. The molecule has 1 saturated heterocycles. The molecule has 1 heterocycles. The summed E-state index contributed by atoms with van der Waals surface area (Å²) >= 11 is 5.72. The Morgan fingerprint density at radius 1 is 1.44 bits per heavy atom. The highest BCUT2D eigenvalue weighted by Crippen LogP contribution is 2.25. The lowest BCUT2D eigenvalue weighted by atomic mass is 10.0. The van der Waals surface area contributed by atoms with Crippen LogP contribution in [0.1, 0.15) is 29.3 Å². The van der Waals surface area contributed by atoms with Crippen molar-refractivity contribution >= 4 is 17.5 Å². The second-order valence-corrected chi connectivity index (χ2v) is 5.11. The first-order valence-electron chi connectivity index (χ1n) is 6.24. The molecule has 1 amide bonds. The molecule has 1 aromatic carbocycles. The van der Waals surface area contributed by atoms with Gasteiger partial charge in [0.05, 0.1) is 12.6 Å². The van der Waals surface area contributed by atoms with Gasteiger partial charge in [-0.05, 0) is 30.0 Å². The maximum atomic E-state index is 12.3. The molecule has 1 aliphatic rings. The molecule has 0 spiro atoms. The Labute approximate surface area is 112 Å². The van der Waals surface area contributed by atoms with Gasteiger partial charge in [-0.15, -0.1) is 11.6 Å². The minimum absolute atomic E-state index is 0.000442. The summed E-state index contributed by atoms with van der Waals surface area (Å²) in [4.78, 5) is 14.1. The molecule has 98 valence electrons. The summed E-state index contributed by atoms with van der Waals surface area (Å²) in [5.41, 5.74) is 1.66. The molecule has 1 aromatic rings. The van der Waals surface area contributed by atoms with Crippen molar-refractivity contribution in [2.75, 3.05) is 13.2 Å². The van der Waals surface area contributed by atoms with Crippen LogP contribution in [0, 0.1) is 5.92 Å². The van der Waals surface area contributed by atoms with Gasteiger partial charge in [0, 0.05) is 18.0 Å². The van der Waals surface area contributed by atoms with E-state index in [1.165, 1.54) is 0 Å². The molecule has 1 N–H and O–H groups in total. The highest BCUT2D eigenvalue weighted by Gasteiger charge is 2.34. The number of rotatable bonds is 3. The van der Waals surface area contributed by atoms with Crippen LogP contribution in [0.5, 0.6) is 0 Å². The fourth-order valence-corrected chi connectivity index (χ4v) is 2.62. The third kappa shape index (κ3) is 2.52. The zero-order valence-corrected chi connectivity index (χ0v) is 11.2. The van der Waals surface area contributed by atoms with E-state index < -0.39 is 0 Å². The number of hydrogen-bond acceptors (Lipinski definition) is 2. The minimum atomic E-state index is -0.0507. The number of carbonyl (C=O) groups is 1. The molecule has 4 heteroatoms. The molecule has 3 nitrogen and oxygen atoms in total. The lowest BCUT2D eigenvalue weighted by molar-refractivity contribution is 0.0648. The number of amides is 1. The number of halogens is 1. The predicted octanol–water partition coefficient (Wildman–Crippen LogP) is 2.27. The van der Waals surface area contributed by atoms with Crippen molar-refractivity contribution in [2.45, 2.75) is 25.3 Å². The second-order valence-electron chi connectivity index (χ2n) is 4.84. The van der Waals surface area contributed by atoms with Crippen LogP contribution in [0.4, 0.5) is 0 Å². The maximum Gasteiger partial charge on any atom is 0.254 e. The average Bonchev–Trinajstić information content (AvgIpc) is 2.79. The quantitative estimate of drug-likeness (QED) is 0.854. The van der Waals surface area contributed by atoms with E-state index >= 15 is 0 Å². The van der Waals surface area contributed by atoms with E-state index in [2.05, 4.69) is 6.92 Å². The van der Waals surface area contributed by atoms with Crippen LogP contribution >= 0.6 is 11.6 Å². The molecular weight excluding hydrogens is 250 g/mol. The molecule has 0 radical (unpaired) electrons. The van der Waals surface area contributed by atoms with E-state index in [1.54, 1.807) is 17.0 Å². The number of aliphatic hydroxyl groups is 1. The van der Waals surface area contributed by atoms with E-state index in [1.807, 2.05) is 12.1 Å². The zero-order valence-electron chi connectivity index (χ0n) is 10.5. The van der Waals surface area contributed by atoms with Crippen LogP contribution in [-0.2, 0) is 5.88 Å². The van der Waals surface area contributed by atoms with Crippen LogP contribution in [0.2, 0.25) is 0 Å². The Kier molecular flexibility index (Phi) is 4.25. The van der Waals surface area contributed by atoms with Crippen molar-refractivity contribution in [1.29, 1.82) is 0 Å². The van der Waals surface area contributed by atoms with Crippen LogP contribution in [0.25, 0.3) is 0 Å². The summed E-state index contributed by atoms with van der Waals surface area (Å²) in [6.45, 7) is 2.83. The Morgan fingerprint density at radius 2 is 2.11 bits per heavy atom. The van der Waals surface area contributed by atoms with Gasteiger partial charge in [0.1, 0.15) is 0 Å². The van der Waals surface area contributed by atoms with E-state index in [9.17, 15) is 9.90 Å². The lowest BCUT2D eigenvalue weighted by Crippen LogP contribution is -2.39. The first-order chi connectivity index (χ1) is 8.67. The van der Waals surface area contributed by atoms with Crippen LogP contribution < -0.4 is 0 Å². The van der Waals surface area contributed by atoms with E-state index in [4.69, 9.17) is 11.6 Å². The molecule has 0 saturated carbocycles. The monoisotopic (exact) mass is 267 g/mol. The SMILES string of the molecule is CC1CCN(C(=O)c2ccc(CCl)cc2)C1CO. The molecule has 1 aliphatic heterocycles. The average molecular weight is 268 g/mol. The summed E-state index contributed by atoms with van der Waals surface area (Å²) in [5, 5.41) is 9.37. The highest BCUT2D eigenvalue weighted by molar-refractivity contribution is 6.17. The number of hydrogen-bond donors (Lipinski definition) is 1. The highest BCUT2D eigenvalue weighted by atomic mass is 35.5. The molecule has 0 aromatic heterocycles. The maximum absolute atomic E-state index is 12.3. The van der Waals surface area contributed by atoms with E-state index in [-0.39, 0.29) is 18.6 Å². The Balaban J connectivity index is 2.15. The Hall–Kier alpha value is -1.06. The molecular formula is C14H18ClNO2.